The highest BCUT2D eigenvalue weighted by atomic mass is 16.6. The minimum absolute atomic E-state index is 0.0877. The average molecular weight is 281 g/mol. The van der Waals surface area contributed by atoms with Crippen molar-refractivity contribution in [3.63, 3.8) is 0 Å². The van der Waals surface area contributed by atoms with E-state index >= 15 is 0 Å². The number of aliphatic hydroxyl groups is 1. The van der Waals surface area contributed by atoms with Crippen molar-refractivity contribution in [1.29, 1.82) is 0 Å². The fraction of sp³-hybridized carbons (Fsp3) is 0.533. The number of carbonyl (C=O) groups is 1. The lowest BCUT2D eigenvalue weighted by molar-refractivity contribution is -0.0218. The van der Waals surface area contributed by atoms with Crippen LogP contribution in [0.3, 0.4) is 0 Å². The molecule has 0 bridgehead atoms. The molecule has 0 saturated carbocycles. The van der Waals surface area contributed by atoms with Crippen LogP contribution < -0.4 is 0 Å². The normalized spacial score (nSPS) is 11.2. The summed E-state index contributed by atoms with van der Waals surface area (Å²) in [7, 11) is 0. The van der Waals surface area contributed by atoms with Crippen molar-refractivity contribution in [2.75, 3.05) is 19.9 Å². The number of nitrogens with zero attached hydrogens (tertiary/aromatic N) is 1. The molecule has 0 saturated heterocycles. The molecule has 5 nitrogen and oxygen atoms in total. The van der Waals surface area contributed by atoms with E-state index in [0.29, 0.717) is 6.61 Å². The van der Waals surface area contributed by atoms with E-state index in [2.05, 4.69) is 0 Å². The van der Waals surface area contributed by atoms with E-state index < -0.39 is 11.7 Å². The molecular weight excluding hydrogens is 258 g/mol. The predicted molar refractivity (Wildman–Crippen MR) is 76.1 cm³/mol. The van der Waals surface area contributed by atoms with Crippen molar-refractivity contribution in [3.8, 4) is 0 Å². The molecule has 0 radical (unpaired) electrons. The van der Waals surface area contributed by atoms with Gasteiger partial charge in [0.1, 0.15) is 12.3 Å². The molecule has 0 atom stereocenters. The smallest absolute Gasteiger partial charge is 0.412 e. The highest BCUT2D eigenvalue weighted by Crippen LogP contribution is 2.10. The molecule has 1 aromatic carbocycles. The molecule has 0 spiro atoms. The van der Waals surface area contributed by atoms with Crippen molar-refractivity contribution in [3.05, 3.63) is 35.9 Å². The Kier molecular flexibility index (Phi) is 6.48. The number of benzene rings is 1. The molecule has 0 aliphatic carbocycles. The van der Waals surface area contributed by atoms with E-state index in [0.717, 1.165) is 5.56 Å². The highest BCUT2D eigenvalue weighted by molar-refractivity contribution is 5.67. The Hall–Kier alpha value is -1.59. The maximum absolute atomic E-state index is 11.9. The summed E-state index contributed by atoms with van der Waals surface area (Å²) in [5.41, 5.74) is 0.463. The Morgan fingerprint density at radius 1 is 1.25 bits per heavy atom. The number of hydrogen-bond donors (Lipinski definition) is 1. The second-order valence-corrected chi connectivity index (χ2v) is 5.43. The SMILES string of the molecule is CC(C)(C)OC(=O)N(CCO)COCc1ccccc1. The average Bonchev–Trinajstić information content (AvgIpc) is 2.37. The molecular formula is C15H23NO4. The zero-order valence-corrected chi connectivity index (χ0v) is 12.3. The number of amides is 1. The molecule has 1 aromatic rings. The van der Waals surface area contributed by atoms with Gasteiger partial charge in [-0.2, -0.15) is 0 Å². The molecule has 5 heteroatoms. The lowest BCUT2D eigenvalue weighted by atomic mass is 10.2. The summed E-state index contributed by atoms with van der Waals surface area (Å²) < 4.78 is 10.7. The maximum atomic E-state index is 11.9. The van der Waals surface area contributed by atoms with E-state index in [9.17, 15) is 4.79 Å². The summed E-state index contributed by atoms with van der Waals surface area (Å²) in [5, 5.41) is 9.00. The van der Waals surface area contributed by atoms with Gasteiger partial charge in [0, 0.05) is 6.54 Å². The van der Waals surface area contributed by atoms with Crippen LogP contribution in [0, 0.1) is 0 Å². The first-order valence-electron chi connectivity index (χ1n) is 6.63. The summed E-state index contributed by atoms with van der Waals surface area (Å²) in [6.45, 7) is 5.94. The van der Waals surface area contributed by atoms with Gasteiger partial charge in [0.2, 0.25) is 0 Å². The minimum atomic E-state index is -0.565. The molecule has 0 heterocycles. The van der Waals surface area contributed by atoms with Gasteiger partial charge in [-0.05, 0) is 26.3 Å². The Morgan fingerprint density at radius 3 is 2.45 bits per heavy atom. The highest BCUT2D eigenvalue weighted by Gasteiger charge is 2.21. The molecule has 112 valence electrons. The lowest BCUT2D eigenvalue weighted by Crippen LogP contribution is -2.39. The molecule has 0 aliphatic heterocycles. The van der Waals surface area contributed by atoms with E-state index in [-0.39, 0.29) is 19.9 Å². The van der Waals surface area contributed by atoms with Crippen LogP contribution in [0.25, 0.3) is 0 Å². The van der Waals surface area contributed by atoms with Crippen LogP contribution in [-0.2, 0) is 16.1 Å². The number of rotatable bonds is 6. The monoisotopic (exact) mass is 281 g/mol. The zero-order chi connectivity index (χ0) is 15.0. The second-order valence-electron chi connectivity index (χ2n) is 5.43. The van der Waals surface area contributed by atoms with Gasteiger partial charge in [-0.15, -0.1) is 0 Å². The fourth-order valence-electron chi connectivity index (χ4n) is 1.50. The van der Waals surface area contributed by atoms with Gasteiger partial charge in [-0.1, -0.05) is 30.3 Å². The maximum Gasteiger partial charge on any atom is 0.412 e. The Balaban J connectivity index is 2.44. The first-order valence-corrected chi connectivity index (χ1v) is 6.63. The fourth-order valence-corrected chi connectivity index (χ4v) is 1.50. The van der Waals surface area contributed by atoms with E-state index in [1.165, 1.54) is 4.90 Å². The number of hydrogen-bond acceptors (Lipinski definition) is 4. The van der Waals surface area contributed by atoms with E-state index in [1.54, 1.807) is 20.8 Å². The number of ether oxygens (including phenoxy) is 2. The Morgan fingerprint density at radius 2 is 1.90 bits per heavy atom. The van der Waals surface area contributed by atoms with Gasteiger partial charge in [0.05, 0.1) is 13.2 Å². The number of carbonyl (C=O) groups excluding carboxylic acids is 1. The van der Waals surface area contributed by atoms with Crippen LogP contribution in [-0.4, -0.2) is 41.6 Å². The molecule has 20 heavy (non-hydrogen) atoms. The van der Waals surface area contributed by atoms with Gasteiger partial charge in [0.25, 0.3) is 0 Å². The predicted octanol–water partition coefficient (Wildman–Crippen LogP) is 2.39. The summed E-state index contributed by atoms with van der Waals surface area (Å²) in [6.07, 6.45) is -0.486. The van der Waals surface area contributed by atoms with Crippen LogP contribution in [0.2, 0.25) is 0 Å². The van der Waals surface area contributed by atoms with Gasteiger partial charge in [-0.25, -0.2) is 4.79 Å². The lowest BCUT2D eigenvalue weighted by Gasteiger charge is -2.26. The summed E-state index contributed by atoms with van der Waals surface area (Å²) in [4.78, 5) is 13.2. The van der Waals surface area contributed by atoms with Crippen molar-refractivity contribution in [2.24, 2.45) is 0 Å². The molecule has 0 aromatic heterocycles. The molecule has 0 unspecified atom stereocenters. The van der Waals surface area contributed by atoms with Gasteiger partial charge in [-0.3, -0.25) is 4.90 Å². The third-order valence-corrected chi connectivity index (χ3v) is 2.38. The minimum Gasteiger partial charge on any atom is -0.444 e. The van der Waals surface area contributed by atoms with E-state index in [1.807, 2.05) is 30.3 Å². The topological polar surface area (TPSA) is 59.0 Å². The molecule has 0 fully saturated rings. The quantitative estimate of drug-likeness (QED) is 0.813. The Bertz CT molecular complexity index is 400. The zero-order valence-electron chi connectivity index (χ0n) is 12.3. The van der Waals surface area contributed by atoms with Crippen molar-refractivity contribution in [1.82, 2.24) is 4.90 Å². The van der Waals surface area contributed by atoms with Crippen LogP contribution in [0.5, 0.6) is 0 Å². The molecule has 1 N–H and O–H groups in total. The van der Waals surface area contributed by atoms with E-state index in [4.69, 9.17) is 14.6 Å². The molecule has 1 rings (SSSR count). The Labute approximate surface area is 120 Å². The van der Waals surface area contributed by atoms with Crippen LogP contribution in [0.1, 0.15) is 26.3 Å². The van der Waals surface area contributed by atoms with Crippen molar-refractivity contribution < 1.29 is 19.4 Å². The van der Waals surface area contributed by atoms with Crippen molar-refractivity contribution in [2.45, 2.75) is 33.0 Å². The van der Waals surface area contributed by atoms with Gasteiger partial charge >= 0.3 is 6.09 Å². The van der Waals surface area contributed by atoms with Crippen LogP contribution >= 0.6 is 0 Å². The van der Waals surface area contributed by atoms with Gasteiger partial charge in [0.15, 0.2) is 0 Å². The largest absolute Gasteiger partial charge is 0.444 e. The molecule has 1 amide bonds. The summed E-state index contributed by atoms with van der Waals surface area (Å²) >= 11 is 0. The third kappa shape index (κ3) is 6.54. The number of aliphatic hydroxyl groups excluding tert-OH is 1. The standard InChI is InChI=1S/C15H23NO4/c1-15(2,3)20-14(18)16(9-10-17)12-19-11-13-7-5-4-6-8-13/h4-8,17H,9-12H2,1-3H3. The van der Waals surface area contributed by atoms with Crippen molar-refractivity contribution >= 4 is 6.09 Å². The van der Waals surface area contributed by atoms with Crippen LogP contribution in [0.15, 0.2) is 30.3 Å². The molecule has 0 aliphatic rings. The summed E-state index contributed by atoms with van der Waals surface area (Å²) in [6, 6.07) is 9.69. The van der Waals surface area contributed by atoms with Crippen LogP contribution in [0.4, 0.5) is 4.79 Å². The first-order chi connectivity index (χ1) is 9.42. The summed E-state index contributed by atoms with van der Waals surface area (Å²) in [5.74, 6) is 0. The second kappa shape index (κ2) is 7.87. The first kappa shape index (κ1) is 16.5. The van der Waals surface area contributed by atoms with Gasteiger partial charge < -0.3 is 14.6 Å². The third-order valence-electron chi connectivity index (χ3n) is 2.38.